The van der Waals surface area contributed by atoms with E-state index in [0.29, 0.717) is 0 Å². The SMILES string of the molecule is Cc1cccc(Cn2ccc(=O)c(N)c2)c1. The van der Waals surface area contributed by atoms with Crippen molar-refractivity contribution in [3.63, 3.8) is 0 Å². The van der Waals surface area contributed by atoms with Gasteiger partial charge in [0.1, 0.15) is 0 Å². The zero-order valence-electron chi connectivity index (χ0n) is 9.18. The molecule has 2 rings (SSSR count). The third-order valence-corrected chi connectivity index (χ3v) is 2.45. The van der Waals surface area contributed by atoms with E-state index in [9.17, 15) is 4.79 Å². The zero-order valence-corrected chi connectivity index (χ0v) is 9.18. The molecule has 0 saturated heterocycles. The Balaban J connectivity index is 2.27. The van der Waals surface area contributed by atoms with E-state index in [1.165, 1.54) is 17.2 Å². The molecule has 2 N–H and O–H groups in total. The molecular weight excluding hydrogens is 200 g/mol. The van der Waals surface area contributed by atoms with Crippen LogP contribution >= 0.6 is 0 Å². The highest BCUT2D eigenvalue weighted by molar-refractivity contribution is 5.34. The van der Waals surface area contributed by atoms with Gasteiger partial charge in [-0.2, -0.15) is 0 Å². The Morgan fingerprint density at radius 1 is 1.31 bits per heavy atom. The number of hydrogen-bond donors (Lipinski definition) is 1. The minimum Gasteiger partial charge on any atom is -0.394 e. The highest BCUT2D eigenvalue weighted by atomic mass is 16.1. The normalized spacial score (nSPS) is 10.3. The Hall–Kier alpha value is -2.03. The van der Waals surface area contributed by atoms with Gasteiger partial charge in [-0.3, -0.25) is 4.79 Å². The first-order chi connectivity index (χ1) is 7.65. The Bertz CT molecular complexity index is 558. The van der Waals surface area contributed by atoms with Crippen LogP contribution in [0.1, 0.15) is 11.1 Å². The van der Waals surface area contributed by atoms with E-state index >= 15 is 0 Å². The number of rotatable bonds is 2. The third-order valence-electron chi connectivity index (χ3n) is 2.45. The van der Waals surface area contributed by atoms with Gasteiger partial charge in [-0.25, -0.2) is 0 Å². The van der Waals surface area contributed by atoms with Crippen molar-refractivity contribution >= 4 is 5.69 Å². The van der Waals surface area contributed by atoms with Crippen LogP contribution in [0.4, 0.5) is 5.69 Å². The van der Waals surface area contributed by atoms with E-state index in [0.717, 1.165) is 6.54 Å². The summed E-state index contributed by atoms with van der Waals surface area (Å²) in [5, 5.41) is 0. The van der Waals surface area contributed by atoms with Crippen LogP contribution in [0, 0.1) is 6.92 Å². The summed E-state index contributed by atoms with van der Waals surface area (Å²) in [4.78, 5) is 11.1. The van der Waals surface area contributed by atoms with Crippen molar-refractivity contribution < 1.29 is 0 Å². The van der Waals surface area contributed by atoms with E-state index < -0.39 is 0 Å². The van der Waals surface area contributed by atoms with Crippen molar-refractivity contribution in [3.8, 4) is 0 Å². The summed E-state index contributed by atoms with van der Waals surface area (Å²) < 4.78 is 1.91. The maximum absolute atomic E-state index is 11.1. The molecule has 1 heterocycles. The quantitative estimate of drug-likeness (QED) is 0.828. The molecule has 0 spiro atoms. The molecule has 0 radical (unpaired) electrons. The fourth-order valence-electron chi connectivity index (χ4n) is 1.66. The Morgan fingerprint density at radius 2 is 2.12 bits per heavy atom. The standard InChI is InChI=1S/C13H14N2O/c1-10-3-2-4-11(7-10)8-15-6-5-13(16)12(14)9-15/h2-7,9H,8,14H2,1H3. The van der Waals surface area contributed by atoms with Crippen LogP contribution in [-0.2, 0) is 6.54 Å². The molecular formula is C13H14N2O. The Kier molecular flexibility index (Phi) is 2.77. The van der Waals surface area contributed by atoms with Gasteiger partial charge in [-0.15, -0.1) is 0 Å². The van der Waals surface area contributed by atoms with Gasteiger partial charge in [-0.05, 0) is 12.5 Å². The van der Waals surface area contributed by atoms with Crippen molar-refractivity contribution in [2.75, 3.05) is 5.73 Å². The minimum absolute atomic E-state index is 0.125. The molecule has 0 aliphatic rings. The fourth-order valence-corrected chi connectivity index (χ4v) is 1.66. The number of anilines is 1. The van der Waals surface area contributed by atoms with Gasteiger partial charge in [0, 0.05) is 25.0 Å². The van der Waals surface area contributed by atoms with Crippen LogP contribution in [-0.4, -0.2) is 4.57 Å². The van der Waals surface area contributed by atoms with Gasteiger partial charge in [0.2, 0.25) is 5.43 Å². The smallest absolute Gasteiger partial charge is 0.204 e. The number of nitrogens with two attached hydrogens (primary N) is 1. The summed E-state index contributed by atoms with van der Waals surface area (Å²) in [5.41, 5.74) is 8.16. The monoisotopic (exact) mass is 214 g/mol. The highest BCUT2D eigenvalue weighted by Gasteiger charge is 1.97. The van der Waals surface area contributed by atoms with Gasteiger partial charge < -0.3 is 10.3 Å². The van der Waals surface area contributed by atoms with E-state index in [-0.39, 0.29) is 11.1 Å². The van der Waals surface area contributed by atoms with Crippen molar-refractivity contribution in [1.82, 2.24) is 4.57 Å². The predicted molar refractivity (Wildman–Crippen MR) is 65.4 cm³/mol. The molecule has 0 fully saturated rings. The molecule has 0 bridgehead atoms. The number of pyridine rings is 1. The number of hydrogen-bond acceptors (Lipinski definition) is 2. The van der Waals surface area contributed by atoms with Crippen molar-refractivity contribution in [1.29, 1.82) is 0 Å². The molecule has 2 aromatic rings. The van der Waals surface area contributed by atoms with Crippen molar-refractivity contribution in [3.05, 3.63) is 64.1 Å². The lowest BCUT2D eigenvalue weighted by Gasteiger charge is -2.07. The number of benzene rings is 1. The lowest BCUT2D eigenvalue weighted by atomic mass is 10.1. The van der Waals surface area contributed by atoms with Crippen LogP contribution in [0.3, 0.4) is 0 Å². The summed E-state index contributed by atoms with van der Waals surface area (Å²) in [6.45, 7) is 2.79. The molecule has 3 heteroatoms. The average Bonchev–Trinajstić information content (AvgIpc) is 2.24. The maximum Gasteiger partial charge on any atom is 0.204 e. The van der Waals surface area contributed by atoms with Crippen LogP contribution in [0.25, 0.3) is 0 Å². The summed E-state index contributed by atoms with van der Waals surface area (Å²) in [6.07, 6.45) is 3.42. The lowest BCUT2D eigenvalue weighted by molar-refractivity contribution is 0.790. The van der Waals surface area contributed by atoms with Crippen LogP contribution in [0.2, 0.25) is 0 Å². The van der Waals surface area contributed by atoms with E-state index in [1.807, 2.05) is 10.6 Å². The molecule has 3 nitrogen and oxygen atoms in total. The zero-order chi connectivity index (χ0) is 11.5. The molecule has 0 atom stereocenters. The van der Waals surface area contributed by atoms with Crippen LogP contribution in [0.15, 0.2) is 47.5 Å². The largest absolute Gasteiger partial charge is 0.394 e. The van der Waals surface area contributed by atoms with Gasteiger partial charge in [0.25, 0.3) is 0 Å². The molecule has 1 aromatic heterocycles. The van der Waals surface area contributed by atoms with Crippen molar-refractivity contribution in [2.24, 2.45) is 0 Å². The summed E-state index contributed by atoms with van der Waals surface area (Å²) in [7, 11) is 0. The number of aryl methyl sites for hydroxylation is 1. The molecule has 82 valence electrons. The molecule has 16 heavy (non-hydrogen) atoms. The molecule has 1 aromatic carbocycles. The molecule has 0 amide bonds. The summed E-state index contributed by atoms with van der Waals surface area (Å²) >= 11 is 0. The molecule has 0 unspecified atom stereocenters. The first-order valence-corrected chi connectivity index (χ1v) is 5.16. The van der Waals surface area contributed by atoms with Gasteiger partial charge in [-0.1, -0.05) is 29.8 Å². The topological polar surface area (TPSA) is 48.0 Å². The average molecular weight is 214 g/mol. The fraction of sp³-hybridized carbons (Fsp3) is 0.154. The molecule has 0 saturated carbocycles. The number of nitrogens with zero attached hydrogens (tertiary/aromatic N) is 1. The minimum atomic E-state index is -0.125. The molecule has 0 aliphatic carbocycles. The lowest BCUT2D eigenvalue weighted by Crippen LogP contribution is -2.11. The summed E-state index contributed by atoms with van der Waals surface area (Å²) in [6, 6.07) is 9.75. The Morgan fingerprint density at radius 3 is 2.81 bits per heavy atom. The van der Waals surface area contributed by atoms with Crippen molar-refractivity contribution in [2.45, 2.75) is 13.5 Å². The first kappa shape index (κ1) is 10.5. The second-order valence-corrected chi connectivity index (χ2v) is 3.93. The summed E-state index contributed by atoms with van der Waals surface area (Å²) in [5.74, 6) is 0. The first-order valence-electron chi connectivity index (χ1n) is 5.16. The van der Waals surface area contributed by atoms with Crippen LogP contribution in [0.5, 0.6) is 0 Å². The second kappa shape index (κ2) is 4.23. The third kappa shape index (κ3) is 2.31. The number of aromatic nitrogens is 1. The second-order valence-electron chi connectivity index (χ2n) is 3.93. The van der Waals surface area contributed by atoms with Gasteiger partial charge >= 0.3 is 0 Å². The van der Waals surface area contributed by atoms with E-state index in [2.05, 4.69) is 25.1 Å². The molecule has 0 aliphatic heterocycles. The van der Waals surface area contributed by atoms with Gasteiger partial charge in [0.05, 0.1) is 5.69 Å². The number of nitrogen functional groups attached to an aromatic ring is 1. The van der Waals surface area contributed by atoms with E-state index in [4.69, 9.17) is 5.73 Å². The van der Waals surface area contributed by atoms with Crippen LogP contribution < -0.4 is 11.2 Å². The van der Waals surface area contributed by atoms with Gasteiger partial charge in [0.15, 0.2) is 0 Å². The highest BCUT2D eigenvalue weighted by Crippen LogP contribution is 2.06. The van der Waals surface area contributed by atoms with E-state index in [1.54, 1.807) is 12.4 Å². The Labute approximate surface area is 94.1 Å². The maximum atomic E-state index is 11.1. The predicted octanol–water partition coefficient (Wildman–Crippen LogP) is 1.79.